The second-order valence-corrected chi connectivity index (χ2v) is 6.54. The number of halogens is 3. The first-order chi connectivity index (χ1) is 13.8. The van der Waals surface area contributed by atoms with E-state index in [9.17, 15) is 18.0 Å². The number of rotatable bonds is 5. The van der Waals surface area contributed by atoms with E-state index in [1.807, 2.05) is 0 Å². The molecular formula is C19H16F3N5O2. The van der Waals surface area contributed by atoms with Crippen LogP contribution in [0.4, 0.5) is 36.3 Å². The van der Waals surface area contributed by atoms with E-state index in [2.05, 4.69) is 25.9 Å². The molecule has 3 heterocycles. The minimum Gasteiger partial charge on any atom is -0.465 e. The number of alkyl halides is 3. The van der Waals surface area contributed by atoms with Gasteiger partial charge in [0, 0.05) is 17.6 Å². The lowest BCUT2D eigenvalue weighted by Gasteiger charge is -2.14. The summed E-state index contributed by atoms with van der Waals surface area (Å²) >= 11 is 0. The van der Waals surface area contributed by atoms with E-state index in [-0.39, 0.29) is 30.6 Å². The quantitative estimate of drug-likeness (QED) is 0.590. The van der Waals surface area contributed by atoms with Gasteiger partial charge in [-0.25, -0.2) is 4.98 Å². The second kappa shape index (κ2) is 7.12. The zero-order chi connectivity index (χ0) is 20.6. The number of benzene rings is 1. The SMILES string of the molecule is Cc1ccc(CNc2nc(Nc3ccc4c(c3)CC(=O)N4)ncc2C(F)(F)F)o1. The van der Waals surface area contributed by atoms with Gasteiger partial charge in [0.25, 0.3) is 0 Å². The molecule has 3 N–H and O–H groups in total. The second-order valence-electron chi connectivity index (χ2n) is 6.54. The molecule has 0 bridgehead atoms. The Kier molecular flexibility index (Phi) is 4.61. The van der Waals surface area contributed by atoms with E-state index in [4.69, 9.17) is 4.42 Å². The van der Waals surface area contributed by atoms with E-state index in [0.717, 1.165) is 11.8 Å². The third kappa shape index (κ3) is 4.15. The number of aryl methyl sites for hydroxylation is 1. The van der Waals surface area contributed by atoms with Crippen molar-refractivity contribution in [3.63, 3.8) is 0 Å². The Labute approximate surface area is 163 Å². The molecule has 0 radical (unpaired) electrons. The highest BCUT2D eigenvalue weighted by Crippen LogP contribution is 2.34. The molecule has 0 saturated carbocycles. The van der Waals surface area contributed by atoms with Crippen molar-refractivity contribution >= 4 is 29.0 Å². The lowest BCUT2D eigenvalue weighted by molar-refractivity contribution is -0.137. The van der Waals surface area contributed by atoms with Crippen molar-refractivity contribution in [3.05, 3.63) is 59.2 Å². The number of anilines is 4. The van der Waals surface area contributed by atoms with Crippen LogP contribution in [0, 0.1) is 6.92 Å². The highest BCUT2D eigenvalue weighted by molar-refractivity contribution is 5.99. The predicted molar refractivity (Wildman–Crippen MR) is 99.9 cm³/mol. The fourth-order valence-electron chi connectivity index (χ4n) is 2.97. The third-order valence-corrected chi connectivity index (χ3v) is 4.31. The van der Waals surface area contributed by atoms with Crippen molar-refractivity contribution < 1.29 is 22.4 Å². The van der Waals surface area contributed by atoms with Gasteiger partial charge in [0.2, 0.25) is 11.9 Å². The van der Waals surface area contributed by atoms with Crippen LogP contribution in [0.25, 0.3) is 0 Å². The lowest BCUT2D eigenvalue weighted by Crippen LogP contribution is -2.14. The van der Waals surface area contributed by atoms with E-state index >= 15 is 0 Å². The maximum Gasteiger partial charge on any atom is 0.421 e. The summed E-state index contributed by atoms with van der Waals surface area (Å²) in [6.45, 7) is 1.79. The van der Waals surface area contributed by atoms with Crippen LogP contribution in [0.2, 0.25) is 0 Å². The summed E-state index contributed by atoms with van der Waals surface area (Å²) in [4.78, 5) is 19.2. The summed E-state index contributed by atoms with van der Waals surface area (Å²) in [7, 11) is 0. The number of nitrogens with one attached hydrogen (secondary N) is 3. The first-order valence-electron chi connectivity index (χ1n) is 8.71. The number of nitrogens with zero attached hydrogens (tertiary/aromatic N) is 2. The van der Waals surface area contributed by atoms with Gasteiger partial charge in [-0.15, -0.1) is 0 Å². The molecule has 0 spiro atoms. The average Bonchev–Trinajstić information content (AvgIpc) is 3.23. The van der Waals surface area contributed by atoms with Gasteiger partial charge in [0.1, 0.15) is 22.9 Å². The van der Waals surface area contributed by atoms with E-state index in [1.165, 1.54) is 0 Å². The number of carbonyl (C=O) groups is 1. The van der Waals surface area contributed by atoms with Crippen molar-refractivity contribution in [3.8, 4) is 0 Å². The Hall–Kier alpha value is -3.56. The van der Waals surface area contributed by atoms with Crippen molar-refractivity contribution in [2.75, 3.05) is 16.0 Å². The number of hydrogen-bond donors (Lipinski definition) is 3. The molecule has 0 fully saturated rings. The average molecular weight is 403 g/mol. The minimum atomic E-state index is -4.61. The molecule has 7 nitrogen and oxygen atoms in total. The summed E-state index contributed by atoms with van der Waals surface area (Å²) in [6.07, 6.45) is -3.64. The van der Waals surface area contributed by atoms with Crippen LogP contribution >= 0.6 is 0 Å². The molecule has 0 atom stereocenters. The molecule has 0 saturated heterocycles. The van der Waals surface area contributed by atoms with Gasteiger partial charge in [-0.05, 0) is 42.8 Å². The molecule has 0 unspecified atom stereocenters. The molecule has 10 heteroatoms. The highest BCUT2D eigenvalue weighted by Gasteiger charge is 2.35. The molecule has 3 aromatic rings. The summed E-state index contributed by atoms with van der Waals surface area (Å²) in [5.41, 5.74) is 1.09. The van der Waals surface area contributed by atoms with Crippen molar-refractivity contribution in [2.24, 2.45) is 0 Å². The van der Waals surface area contributed by atoms with Gasteiger partial charge in [-0.2, -0.15) is 18.2 Å². The molecule has 1 amide bonds. The van der Waals surface area contributed by atoms with Gasteiger partial charge in [0.15, 0.2) is 0 Å². The van der Waals surface area contributed by atoms with E-state index < -0.39 is 11.7 Å². The Morgan fingerprint density at radius 3 is 2.79 bits per heavy atom. The minimum absolute atomic E-state index is 0.00615. The standard InChI is InChI=1S/C19H16F3N5O2/c1-10-2-4-13(29-10)8-23-17-14(19(20,21)22)9-24-18(27-17)25-12-3-5-15-11(6-12)7-16(28)26-15/h2-6,9H,7-8H2,1H3,(H,26,28)(H2,23,24,25,27). The summed E-state index contributed by atoms with van der Waals surface area (Å²) in [5, 5.41) is 8.26. The molecule has 0 aliphatic carbocycles. The summed E-state index contributed by atoms with van der Waals surface area (Å²) < 4.78 is 45.3. The molecule has 2 aromatic heterocycles. The van der Waals surface area contributed by atoms with Crippen LogP contribution in [0.3, 0.4) is 0 Å². The molecule has 1 aromatic carbocycles. The molecule has 4 rings (SSSR count). The van der Waals surface area contributed by atoms with Crippen molar-refractivity contribution in [2.45, 2.75) is 26.1 Å². The van der Waals surface area contributed by atoms with Gasteiger partial charge in [-0.1, -0.05) is 0 Å². The molecule has 1 aliphatic heterocycles. The van der Waals surface area contributed by atoms with E-state index in [0.29, 0.717) is 22.9 Å². The van der Waals surface area contributed by atoms with Crippen LogP contribution in [0.1, 0.15) is 22.6 Å². The zero-order valence-electron chi connectivity index (χ0n) is 15.2. The van der Waals surface area contributed by atoms with Gasteiger partial charge in [0.05, 0.1) is 13.0 Å². The van der Waals surface area contributed by atoms with Crippen LogP contribution in [-0.4, -0.2) is 15.9 Å². The number of hydrogen-bond acceptors (Lipinski definition) is 6. The first-order valence-corrected chi connectivity index (χ1v) is 8.71. The predicted octanol–water partition coefficient (Wildman–Crippen LogP) is 4.25. The molecular weight excluding hydrogens is 387 g/mol. The van der Waals surface area contributed by atoms with Crippen LogP contribution < -0.4 is 16.0 Å². The first kappa shape index (κ1) is 18.8. The fourth-order valence-corrected chi connectivity index (χ4v) is 2.97. The van der Waals surface area contributed by atoms with Crippen molar-refractivity contribution in [1.82, 2.24) is 9.97 Å². The Bertz CT molecular complexity index is 1080. The Morgan fingerprint density at radius 1 is 1.24 bits per heavy atom. The maximum atomic E-state index is 13.3. The van der Waals surface area contributed by atoms with Gasteiger partial charge in [-0.3, -0.25) is 4.79 Å². The van der Waals surface area contributed by atoms with Gasteiger partial charge >= 0.3 is 6.18 Å². The fraction of sp³-hybridized carbons (Fsp3) is 0.211. The van der Waals surface area contributed by atoms with Crippen LogP contribution in [-0.2, 0) is 23.9 Å². The molecule has 29 heavy (non-hydrogen) atoms. The monoisotopic (exact) mass is 403 g/mol. The molecule has 150 valence electrons. The number of furan rings is 1. The topological polar surface area (TPSA) is 92.1 Å². The van der Waals surface area contributed by atoms with E-state index in [1.54, 1.807) is 37.3 Å². The Morgan fingerprint density at radius 2 is 2.07 bits per heavy atom. The summed E-state index contributed by atoms with van der Waals surface area (Å²) in [6, 6.07) is 8.53. The summed E-state index contributed by atoms with van der Waals surface area (Å²) in [5.74, 6) is 0.671. The normalized spacial score (nSPS) is 13.2. The smallest absolute Gasteiger partial charge is 0.421 e. The van der Waals surface area contributed by atoms with Crippen molar-refractivity contribution in [1.29, 1.82) is 0 Å². The van der Waals surface area contributed by atoms with Gasteiger partial charge < -0.3 is 20.4 Å². The highest BCUT2D eigenvalue weighted by atomic mass is 19.4. The van der Waals surface area contributed by atoms with Crippen LogP contribution in [0.5, 0.6) is 0 Å². The largest absolute Gasteiger partial charge is 0.465 e. The lowest BCUT2D eigenvalue weighted by atomic mass is 10.1. The third-order valence-electron chi connectivity index (χ3n) is 4.31. The zero-order valence-corrected chi connectivity index (χ0v) is 15.2. The number of aromatic nitrogens is 2. The number of carbonyl (C=O) groups excluding carboxylic acids is 1. The maximum absolute atomic E-state index is 13.3. The number of amides is 1. The van der Waals surface area contributed by atoms with Crippen LogP contribution in [0.15, 0.2) is 40.9 Å². The number of fused-ring (bicyclic) bond motifs is 1. The molecule has 1 aliphatic rings. The Balaban J connectivity index is 1.58.